The lowest BCUT2D eigenvalue weighted by Gasteiger charge is -2.33. The van der Waals surface area contributed by atoms with Crippen LogP contribution in [0.2, 0.25) is 0 Å². The maximum atomic E-state index is 12.2. The SMILES string of the molecule is CCCCCCCCCCCCC(CCC)OC1(C(C)=O)C=CC=CC1. The van der Waals surface area contributed by atoms with Gasteiger partial charge in [-0.1, -0.05) is 103 Å². The summed E-state index contributed by atoms with van der Waals surface area (Å²) in [5, 5.41) is 0. The number of Topliss-reactive ketones (excluding diaryl/α,β-unsaturated/α-hetero) is 1. The van der Waals surface area contributed by atoms with E-state index in [9.17, 15) is 4.79 Å². The number of ketones is 1. The zero-order valence-electron chi connectivity index (χ0n) is 17.6. The third kappa shape index (κ3) is 9.16. The fraction of sp³-hybridized carbons (Fsp3) is 0.792. The van der Waals surface area contributed by atoms with Crippen molar-refractivity contribution in [1.29, 1.82) is 0 Å². The minimum absolute atomic E-state index is 0.127. The van der Waals surface area contributed by atoms with Crippen molar-refractivity contribution in [3.63, 3.8) is 0 Å². The largest absolute Gasteiger partial charge is 0.360 e. The van der Waals surface area contributed by atoms with Crippen LogP contribution in [0.3, 0.4) is 0 Å². The number of rotatable bonds is 16. The van der Waals surface area contributed by atoms with Gasteiger partial charge in [0.05, 0.1) is 6.10 Å². The lowest BCUT2D eigenvalue weighted by atomic mass is 9.90. The van der Waals surface area contributed by atoms with E-state index in [1.807, 2.05) is 24.3 Å². The van der Waals surface area contributed by atoms with Gasteiger partial charge in [-0.25, -0.2) is 0 Å². The molecule has 0 aromatic carbocycles. The molecule has 26 heavy (non-hydrogen) atoms. The van der Waals surface area contributed by atoms with Crippen LogP contribution in [0, 0.1) is 0 Å². The highest BCUT2D eigenvalue weighted by Crippen LogP contribution is 2.28. The maximum absolute atomic E-state index is 12.2. The maximum Gasteiger partial charge on any atom is 0.165 e. The van der Waals surface area contributed by atoms with Gasteiger partial charge in [-0.3, -0.25) is 4.79 Å². The number of allylic oxidation sites excluding steroid dienone is 2. The summed E-state index contributed by atoms with van der Waals surface area (Å²) in [6.45, 7) is 6.13. The minimum atomic E-state index is -0.715. The van der Waals surface area contributed by atoms with Crippen LogP contribution in [0.4, 0.5) is 0 Å². The molecule has 2 heteroatoms. The van der Waals surface area contributed by atoms with E-state index in [0.717, 1.165) is 19.3 Å². The summed E-state index contributed by atoms with van der Waals surface area (Å²) >= 11 is 0. The Morgan fingerprint density at radius 2 is 1.50 bits per heavy atom. The number of ether oxygens (including phenoxy) is 1. The van der Waals surface area contributed by atoms with Crippen LogP contribution < -0.4 is 0 Å². The molecule has 0 fully saturated rings. The average molecular weight is 363 g/mol. The Bertz CT molecular complexity index is 424. The Morgan fingerprint density at radius 1 is 0.885 bits per heavy atom. The molecular weight excluding hydrogens is 320 g/mol. The fourth-order valence-electron chi connectivity index (χ4n) is 3.77. The first-order valence-corrected chi connectivity index (χ1v) is 11.2. The Balaban J connectivity index is 2.23. The van der Waals surface area contributed by atoms with Crippen molar-refractivity contribution in [3.05, 3.63) is 24.3 Å². The van der Waals surface area contributed by atoms with E-state index in [2.05, 4.69) is 13.8 Å². The Morgan fingerprint density at radius 3 is 2.00 bits per heavy atom. The molecule has 0 aromatic rings. The van der Waals surface area contributed by atoms with Gasteiger partial charge in [0.25, 0.3) is 0 Å². The van der Waals surface area contributed by atoms with Gasteiger partial charge in [-0.2, -0.15) is 0 Å². The first kappa shape index (κ1) is 23.1. The van der Waals surface area contributed by atoms with E-state index >= 15 is 0 Å². The molecule has 0 aliphatic heterocycles. The van der Waals surface area contributed by atoms with E-state index in [0.29, 0.717) is 6.42 Å². The van der Waals surface area contributed by atoms with Crippen molar-refractivity contribution in [3.8, 4) is 0 Å². The van der Waals surface area contributed by atoms with Crippen molar-refractivity contribution in [1.82, 2.24) is 0 Å². The lowest BCUT2D eigenvalue weighted by Crippen LogP contribution is -2.42. The molecule has 0 saturated heterocycles. The predicted molar refractivity (Wildman–Crippen MR) is 113 cm³/mol. The predicted octanol–water partition coefficient (Wildman–Crippen LogP) is 7.33. The van der Waals surface area contributed by atoms with E-state index in [1.165, 1.54) is 64.2 Å². The third-order valence-electron chi connectivity index (χ3n) is 5.50. The smallest absolute Gasteiger partial charge is 0.165 e. The van der Waals surface area contributed by atoms with Crippen molar-refractivity contribution >= 4 is 5.78 Å². The number of hydrogen-bond acceptors (Lipinski definition) is 2. The van der Waals surface area contributed by atoms with Gasteiger partial charge < -0.3 is 4.74 Å². The molecular formula is C24H42O2. The highest BCUT2D eigenvalue weighted by Gasteiger charge is 2.35. The second-order valence-electron chi connectivity index (χ2n) is 7.94. The monoisotopic (exact) mass is 362 g/mol. The van der Waals surface area contributed by atoms with E-state index < -0.39 is 5.60 Å². The molecule has 0 aromatic heterocycles. The highest BCUT2D eigenvalue weighted by atomic mass is 16.5. The zero-order chi connectivity index (χ0) is 19.1. The minimum Gasteiger partial charge on any atom is -0.360 e. The molecule has 0 heterocycles. The van der Waals surface area contributed by atoms with E-state index in [4.69, 9.17) is 4.74 Å². The van der Waals surface area contributed by atoms with Crippen LogP contribution in [0.25, 0.3) is 0 Å². The second kappa shape index (κ2) is 14.2. The van der Waals surface area contributed by atoms with Gasteiger partial charge >= 0.3 is 0 Å². The molecule has 0 bridgehead atoms. The van der Waals surface area contributed by atoms with Crippen LogP contribution in [-0.2, 0) is 9.53 Å². The summed E-state index contributed by atoms with van der Waals surface area (Å²) in [5.74, 6) is 0.127. The molecule has 0 N–H and O–H groups in total. The van der Waals surface area contributed by atoms with Crippen LogP contribution in [0.1, 0.15) is 111 Å². The van der Waals surface area contributed by atoms with Gasteiger partial charge in [0.15, 0.2) is 5.78 Å². The van der Waals surface area contributed by atoms with Crippen LogP contribution in [0.5, 0.6) is 0 Å². The number of unbranched alkanes of at least 4 members (excludes halogenated alkanes) is 9. The van der Waals surface area contributed by atoms with Gasteiger partial charge in [0.1, 0.15) is 5.60 Å². The normalized spacial score (nSPS) is 20.4. The highest BCUT2D eigenvalue weighted by molar-refractivity contribution is 5.87. The summed E-state index contributed by atoms with van der Waals surface area (Å²) in [4.78, 5) is 12.2. The number of hydrogen-bond donors (Lipinski definition) is 0. The van der Waals surface area contributed by atoms with E-state index in [1.54, 1.807) is 6.92 Å². The standard InChI is InChI=1S/C24H42O2/c1-4-6-7-8-9-10-11-12-13-15-19-23(18-5-2)26-24(22(3)25)20-16-14-17-21-24/h14,16-17,20,23H,4-13,15,18-19,21H2,1-3H3. The first-order valence-electron chi connectivity index (χ1n) is 11.2. The summed E-state index contributed by atoms with van der Waals surface area (Å²) in [6.07, 6.45) is 25.6. The summed E-state index contributed by atoms with van der Waals surface area (Å²) in [6, 6.07) is 0. The third-order valence-corrected chi connectivity index (χ3v) is 5.50. The van der Waals surface area contributed by atoms with Crippen molar-refractivity contribution in [2.24, 2.45) is 0 Å². The zero-order valence-corrected chi connectivity index (χ0v) is 17.6. The topological polar surface area (TPSA) is 26.3 Å². The van der Waals surface area contributed by atoms with Gasteiger partial charge in [-0.05, 0) is 25.8 Å². The van der Waals surface area contributed by atoms with E-state index in [-0.39, 0.29) is 11.9 Å². The molecule has 0 radical (unpaired) electrons. The van der Waals surface area contributed by atoms with Crippen molar-refractivity contribution < 1.29 is 9.53 Å². The molecule has 0 spiro atoms. The molecule has 150 valence electrons. The van der Waals surface area contributed by atoms with Gasteiger partial charge in [-0.15, -0.1) is 0 Å². The quantitative estimate of drug-likeness (QED) is 0.269. The second-order valence-corrected chi connectivity index (χ2v) is 7.94. The summed E-state index contributed by atoms with van der Waals surface area (Å²) in [5.41, 5.74) is -0.715. The van der Waals surface area contributed by atoms with Crippen molar-refractivity contribution in [2.45, 2.75) is 122 Å². The van der Waals surface area contributed by atoms with Crippen LogP contribution in [0.15, 0.2) is 24.3 Å². The Labute approximate surface area is 162 Å². The van der Waals surface area contributed by atoms with Crippen LogP contribution >= 0.6 is 0 Å². The van der Waals surface area contributed by atoms with Gasteiger partial charge in [0.2, 0.25) is 0 Å². The molecule has 0 amide bonds. The average Bonchev–Trinajstić information content (AvgIpc) is 2.64. The van der Waals surface area contributed by atoms with Crippen molar-refractivity contribution in [2.75, 3.05) is 0 Å². The molecule has 1 rings (SSSR count). The molecule has 2 nitrogen and oxygen atoms in total. The summed E-state index contributed by atoms with van der Waals surface area (Å²) in [7, 11) is 0. The summed E-state index contributed by atoms with van der Waals surface area (Å²) < 4.78 is 6.38. The molecule has 2 unspecified atom stereocenters. The Kier molecular flexibility index (Phi) is 12.6. The van der Waals surface area contributed by atoms with Gasteiger partial charge in [0, 0.05) is 6.42 Å². The number of carbonyl (C=O) groups excluding carboxylic acids is 1. The fourth-order valence-corrected chi connectivity index (χ4v) is 3.77. The Hall–Kier alpha value is -0.890. The molecule has 2 atom stereocenters. The first-order chi connectivity index (χ1) is 12.6. The molecule has 1 aliphatic carbocycles. The van der Waals surface area contributed by atoms with Crippen LogP contribution in [-0.4, -0.2) is 17.5 Å². The molecule has 0 saturated carbocycles. The molecule has 1 aliphatic rings. The number of carbonyl (C=O) groups is 1. The lowest BCUT2D eigenvalue weighted by molar-refractivity contribution is -0.143.